The molecule has 4 heteroatoms. The van der Waals surface area contributed by atoms with Crippen LogP contribution in [0.4, 0.5) is 10.1 Å². The quantitative estimate of drug-likeness (QED) is 0.704. The molecule has 0 bridgehead atoms. The van der Waals surface area contributed by atoms with Crippen LogP contribution < -0.4 is 10.2 Å². The summed E-state index contributed by atoms with van der Waals surface area (Å²) in [5.41, 5.74) is 1.80. The van der Waals surface area contributed by atoms with Crippen LogP contribution in [0.3, 0.4) is 0 Å². The van der Waals surface area contributed by atoms with Crippen molar-refractivity contribution < 1.29 is 9.13 Å². The van der Waals surface area contributed by atoms with Crippen LogP contribution in [0.15, 0.2) is 18.2 Å². The molecule has 0 saturated heterocycles. The predicted octanol–water partition coefficient (Wildman–Crippen LogP) is 2.94. The van der Waals surface area contributed by atoms with Crippen LogP contribution in [0.1, 0.15) is 31.7 Å². The summed E-state index contributed by atoms with van der Waals surface area (Å²) >= 11 is 0. The minimum Gasteiger partial charge on any atom is -0.383 e. The molecule has 112 valence electrons. The van der Waals surface area contributed by atoms with Gasteiger partial charge in [0.25, 0.3) is 0 Å². The number of hydrogen-bond acceptors (Lipinski definition) is 3. The maximum Gasteiger partial charge on any atom is 0.146 e. The zero-order valence-electron chi connectivity index (χ0n) is 12.5. The third-order valence-electron chi connectivity index (χ3n) is 3.62. The molecule has 0 amide bonds. The highest BCUT2D eigenvalue weighted by molar-refractivity contribution is 5.56. The second kappa shape index (κ2) is 7.60. The lowest BCUT2D eigenvalue weighted by Crippen LogP contribution is -2.32. The molecule has 20 heavy (non-hydrogen) atoms. The topological polar surface area (TPSA) is 24.5 Å². The molecular formula is C16H25FN2O. The van der Waals surface area contributed by atoms with Gasteiger partial charge in [0.1, 0.15) is 5.82 Å². The summed E-state index contributed by atoms with van der Waals surface area (Å²) in [6, 6.07) is 5.85. The van der Waals surface area contributed by atoms with Crippen molar-refractivity contribution in [3.05, 3.63) is 29.6 Å². The van der Waals surface area contributed by atoms with E-state index in [2.05, 4.69) is 17.1 Å². The molecular weight excluding hydrogens is 255 g/mol. The summed E-state index contributed by atoms with van der Waals surface area (Å²) < 4.78 is 19.5. The number of benzene rings is 1. The van der Waals surface area contributed by atoms with Gasteiger partial charge in [-0.3, -0.25) is 0 Å². The standard InChI is InChI=1S/C16H25FN2O/c1-3-9-18-12-13-5-4-6-15(17)16(13)19(10-11-20-2)14-7-8-14/h4-6,14,18H,3,7-12H2,1-2H3. The summed E-state index contributed by atoms with van der Waals surface area (Å²) in [6.07, 6.45) is 3.39. The van der Waals surface area contributed by atoms with Gasteiger partial charge in [0.15, 0.2) is 0 Å². The Morgan fingerprint density at radius 3 is 2.85 bits per heavy atom. The highest BCUT2D eigenvalue weighted by atomic mass is 19.1. The maximum atomic E-state index is 14.3. The van der Waals surface area contributed by atoms with Gasteiger partial charge in [0, 0.05) is 26.2 Å². The fraction of sp³-hybridized carbons (Fsp3) is 0.625. The smallest absolute Gasteiger partial charge is 0.146 e. The molecule has 0 spiro atoms. The van der Waals surface area contributed by atoms with Crippen LogP contribution in [0.5, 0.6) is 0 Å². The normalized spacial score (nSPS) is 14.6. The number of anilines is 1. The van der Waals surface area contributed by atoms with Crippen molar-refractivity contribution in [3.8, 4) is 0 Å². The first-order chi connectivity index (χ1) is 9.77. The van der Waals surface area contributed by atoms with Crippen LogP contribution in [0.2, 0.25) is 0 Å². The van der Waals surface area contributed by atoms with Gasteiger partial charge >= 0.3 is 0 Å². The monoisotopic (exact) mass is 280 g/mol. The van der Waals surface area contributed by atoms with E-state index in [1.54, 1.807) is 19.2 Å². The van der Waals surface area contributed by atoms with Crippen molar-refractivity contribution >= 4 is 5.69 Å². The molecule has 0 heterocycles. The van der Waals surface area contributed by atoms with Gasteiger partial charge in [0.05, 0.1) is 12.3 Å². The Bertz CT molecular complexity index is 421. The van der Waals surface area contributed by atoms with E-state index in [0.717, 1.165) is 50.1 Å². The van der Waals surface area contributed by atoms with Crippen molar-refractivity contribution in [2.75, 3.05) is 31.7 Å². The molecule has 1 aliphatic rings. The third kappa shape index (κ3) is 3.93. The van der Waals surface area contributed by atoms with Crippen molar-refractivity contribution in [3.63, 3.8) is 0 Å². The number of ether oxygens (including phenoxy) is 1. The molecule has 0 aliphatic heterocycles. The van der Waals surface area contributed by atoms with E-state index in [1.165, 1.54) is 0 Å². The molecule has 0 aromatic heterocycles. The largest absolute Gasteiger partial charge is 0.383 e. The van der Waals surface area contributed by atoms with E-state index in [-0.39, 0.29) is 5.82 Å². The summed E-state index contributed by atoms with van der Waals surface area (Å²) in [5.74, 6) is -0.121. The second-order valence-corrected chi connectivity index (χ2v) is 5.34. The first-order valence-electron chi connectivity index (χ1n) is 7.51. The summed E-state index contributed by atoms with van der Waals surface area (Å²) in [6.45, 7) is 5.19. The first-order valence-corrected chi connectivity index (χ1v) is 7.51. The molecule has 1 fully saturated rings. The molecule has 1 aliphatic carbocycles. The molecule has 1 N–H and O–H groups in total. The maximum absolute atomic E-state index is 14.3. The fourth-order valence-corrected chi connectivity index (χ4v) is 2.48. The Morgan fingerprint density at radius 1 is 1.40 bits per heavy atom. The van der Waals surface area contributed by atoms with Crippen LogP contribution in [-0.4, -0.2) is 32.8 Å². The number of para-hydroxylation sites is 1. The zero-order valence-corrected chi connectivity index (χ0v) is 12.5. The van der Waals surface area contributed by atoms with Gasteiger partial charge in [0.2, 0.25) is 0 Å². The molecule has 3 nitrogen and oxygen atoms in total. The average molecular weight is 280 g/mol. The SMILES string of the molecule is CCCNCc1cccc(F)c1N(CCOC)C1CC1. The van der Waals surface area contributed by atoms with Gasteiger partial charge in [-0.05, 0) is 37.4 Å². The minimum atomic E-state index is -0.121. The number of methoxy groups -OCH3 is 1. The Morgan fingerprint density at radius 2 is 2.20 bits per heavy atom. The third-order valence-corrected chi connectivity index (χ3v) is 3.62. The zero-order chi connectivity index (χ0) is 14.4. The number of hydrogen-bond donors (Lipinski definition) is 1. The molecule has 1 aromatic carbocycles. The predicted molar refractivity (Wildman–Crippen MR) is 80.6 cm³/mol. The van der Waals surface area contributed by atoms with E-state index >= 15 is 0 Å². The van der Waals surface area contributed by atoms with Crippen molar-refractivity contribution in [2.45, 2.75) is 38.8 Å². The second-order valence-electron chi connectivity index (χ2n) is 5.34. The molecule has 0 unspecified atom stereocenters. The van der Waals surface area contributed by atoms with Gasteiger partial charge in [-0.15, -0.1) is 0 Å². The van der Waals surface area contributed by atoms with E-state index in [9.17, 15) is 4.39 Å². The van der Waals surface area contributed by atoms with Crippen LogP contribution in [-0.2, 0) is 11.3 Å². The number of halogens is 1. The van der Waals surface area contributed by atoms with Crippen molar-refractivity contribution in [1.82, 2.24) is 5.32 Å². The first kappa shape index (κ1) is 15.3. The summed E-state index contributed by atoms with van der Waals surface area (Å²) in [7, 11) is 1.69. The van der Waals surface area contributed by atoms with Gasteiger partial charge < -0.3 is 15.0 Å². The Kier molecular flexibility index (Phi) is 5.80. The Labute approximate surface area is 121 Å². The minimum absolute atomic E-state index is 0.121. The molecule has 2 rings (SSSR count). The lowest BCUT2D eigenvalue weighted by Gasteiger charge is -2.27. The Hall–Kier alpha value is -1.13. The fourth-order valence-electron chi connectivity index (χ4n) is 2.48. The van der Waals surface area contributed by atoms with Crippen LogP contribution in [0, 0.1) is 5.82 Å². The van der Waals surface area contributed by atoms with Crippen molar-refractivity contribution in [1.29, 1.82) is 0 Å². The number of nitrogens with one attached hydrogen (secondary N) is 1. The van der Waals surface area contributed by atoms with Crippen LogP contribution >= 0.6 is 0 Å². The molecule has 1 aromatic rings. The Balaban J connectivity index is 2.17. The number of nitrogens with zero attached hydrogens (tertiary/aromatic N) is 1. The highest BCUT2D eigenvalue weighted by Crippen LogP contribution is 2.35. The summed E-state index contributed by atoms with van der Waals surface area (Å²) in [5, 5.41) is 3.36. The van der Waals surface area contributed by atoms with E-state index in [0.29, 0.717) is 12.6 Å². The average Bonchev–Trinajstić information content (AvgIpc) is 3.26. The van der Waals surface area contributed by atoms with Crippen molar-refractivity contribution in [2.24, 2.45) is 0 Å². The van der Waals surface area contributed by atoms with Gasteiger partial charge in [-0.2, -0.15) is 0 Å². The molecule has 0 radical (unpaired) electrons. The molecule has 0 atom stereocenters. The van der Waals surface area contributed by atoms with E-state index in [1.807, 2.05) is 6.07 Å². The number of rotatable bonds is 9. The van der Waals surface area contributed by atoms with E-state index < -0.39 is 0 Å². The van der Waals surface area contributed by atoms with Gasteiger partial charge in [-0.1, -0.05) is 19.1 Å². The molecule has 1 saturated carbocycles. The van der Waals surface area contributed by atoms with Gasteiger partial charge in [-0.25, -0.2) is 4.39 Å². The summed E-state index contributed by atoms with van der Waals surface area (Å²) in [4.78, 5) is 2.18. The lowest BCUT2D eigenvalue weighted by atomic mass is 10.1. The van der Waals surface area contributed by atoms with Crippen LogP contribution in [0.25, 0.3) is 0 Å². The highest BCUT2D eigenvalue weighted by Gasteiger charge is 2.31. The van der Waals surface area contributed by atoms with E-state index in [4.69, 9.17) is 4.74 Å². The lowest BCUT2D eigenvalue weighted by molar-refractivity contribution is 0.204.